The molecule has 0 spiro atoms. The zero-order valence-corrected chi connectivity index (χ0v) is 16.3. The summed E-state index contributed by atoms with van der Waals surface area (Å²) in [5.41, 5.74) is 1.87. The summed E-state index contributed by atoms with van der Waals surface area (Å²) in [6.07, 6.45) is 1.80. The molecule has 3 rings (SSSR count). The van der Waals surface area contributed by atoms with Crippen LogP contribution >= 0.6 is 0 Å². The van der Waals surface area contributed by atoms with E-state index in [0.717, 1.165) is 24.1 Å². The number of hydrogen-bond donors (Lipinski definition) is 1. The average molecular weight is 381 g/mol. The molecule has 26 heavy (non-hydrogen) atoms. The molecule has 1 heterocycles. The van der Waals surface area contributed by atoms with Crippen molar-refractivity contribution >= 4 is 21.6 Å². The number of rotatable bonds is 6. The first kappa shape index (κ1) is 19.1. The fourth-order valence-electron chi connectivity index (χ4n) is 3.56. The Morgan fingerprint density at radius 2 is 1.69 bits per heavy atom. The highest BCUT2D eigenvalue weighted by Crippen LogP contribution is 2.50. The zero-order valence-electron chi connectivity index (χ0n) is 15.5. The molecule has 144 valence electrons. The first-order valence-electron chi connectivity index (χ1n) is 9.01. The summed E-state index contributed by atoms with van der Waals surface area (Å²) >= 11 is 0. The number of carbonyl (C=O) groups is 1. The summed E-state index contributed by atoms with van der Waals surface area (Å²) in [6, 6.07) is 8.27. The van der Waals surface area contributed by atoms with Gasteiger partial charge in [0, 0.05) is 52.5 Å². The highest BCUT2D eigenvalue weighted by atomic mass is 32.2. The Hall–Kier alpha value is -1.64. The summed E-state index contributed by atoms with van der Waals surface area (Å²) in [5, 5.41) is 5.07. The van der Waals surface area contributed by atoms with Crippen LogP contribution in [0.3, 0.4) is 0 Å². The maximum Gasteiger partial charge on any atom is 0.233 e. The van der Waals surface area contributed by atoms with E-state index in [-0.39, 0.29) is 17.1 Å². The number of piperazine rings is 1. The summed E-state index contributed by atoms with van der Waals surface area (Å²) in [5.74, 6) is 0.171. The lowest BCUT2D eigenvalue weighted by molar-refractivity contribution is -0.135. The minimum absolute atomic E-state index is 0.0386. The van der Waals surface area contributed by atoms with Crippen molar-refractivity contribution in [2.45, 2.75) is 18.3 Å². The first-order chi connectivity index (χ1) is 12.2. The molecule has 0 bridgehead atoms. The van der Waals surface area contributed by atoms with Crippen molar-refractivity contribution in [1.82, 2.24) is 9.80 Å². The number of sulfonamides is 1. The smallest absolute Gasteiger partial charge is 0.233 e. The van der Waals surface area contributed by atoms with Gasteiger partial charge in [0.25, 0.3) is 0 Å². The first-order valence-corrected chi connectivity index (χ1v) is 10.7. The standard InChI is InChI=1S/C18H28N4O3S/c1-20(2)16-5-3-15(4-6-16)18(7-8-18)17(23)22-11-9-21(10-12-22)13-14-26(19,24)25/h3-6H,7-14H2,1-2H3,(H2,19,24,25). The fourth-order valence-corrected chi connectivity index (χ4v) is 4.08. The number of anilines is 1. The molecule has 0 radical (unpaired) electrons. The molecule has 1 saturated carbocycles. The van der Waals surface area contributed by atoms with Gasteiger partial charge in [-0.2, -0.15) is 0 Å². The number of benzene rings is 1. The Morgan fingerprint density at radius 3 is 2.15 bits per heavy atom. The van der Waals surface area contributed by atoms with Crippen LogP contribution in [0.5, 0.6) is 0 Å². The molecule has 8 heteroatoms. The third kappa shape index (κ3) is 4.19. The quantitative estimate of drug-likeness (QED) is 0.763. The van der Waals surface area contributed by atoms with Crippen molar-refractivity contribution in [3.63, 3.8) is 0 Å². The van der Waals surface area contributed by atoms with Crippen LogP contribution < -0.4 is 10.0 Å². The van der Waals surface area contributed by atoms with Crippen LogP contribution in [0.15, 0.2) is 24.3 Å². The highest BCUT2D eigenvalue weighted by Gasteiger charge is 2.53. The molecular weight excluding hydrogens is 352 g/mol. The van der Waals surface area contributed by atoms with Crippen molar-refractivity contribution in [2.24, 2.45) is 5.14 Å². The van der Waals surface area contributed by atoms with E-state index >= 15 is 0 Å². The molecule has 1 saturated heterocycles. The number of amides is 1. The molecule has 1 aliphatic heterocycles. The van der Waals surface area contributed by atoms with Crippen LogP contribution in [-0.2, 0) is 20.2 Å². The highest BCUT2D eigenvalue weighted by molar-refractivity contribution is 7.89. The average Bonchev–Trinajstić information content (AvgIpc) is 3.41. The number of nitrogens with two attached hydrogens (primary N) is 1. The lowest BCUT2D eigenvalue weighted by Gasteiger charge is -2.36. The second kappa shape index (κ2) is 7.17. The van der Waals surface area contributed by atoms with Gasteiger partial charge in [-0.1, -0.05) is 12.1 Å². The molecule has 1 aliphatic carbocycles. The lowest BCUT2D eigenvalue weighted by Crippen LogP contribution is -2.52. The van der Waals surface area contributed by atoms with E-state index in [4.69, 9.17) is 5.14 Å². The summed E-state index contributed by atoms with van der Waals surface area (Å²) in [7, 11) is 0.567. The van der Waals surface area contributed by atoms with Crippen LogP contribution in [0.4, 0.5) is 5.69 Å². The topological polar surface area (TPSA) is 86.9 Å². The minimum atomic E-state index is -3.44. The summed E-state index contributed by atoms with van der Waals surface area (Å²) < 4.78 is 22.2. The normalized spacial score (nSPS) is 20.0. The molecule has 1 aromatic rings. The molecule has 2 N–H and O–H groups in total. The van der Waals surface area contributed by atoms with E-state index in [1.807, 2.05) is 23.9 Å². The van der Waals surface area contributed by atoms with Crippen LogP contribution in [0, 0.1) is 0 Å². The Morgan fingerprint density at radius 1 is 1.12 bits per heavy atom. The van der Waals surface area contributed by atoms with E-state index in [1.54, 1.807) is 0 Å². The van der Waals surface area contributed by atoms with Gasteiger partial charge in [0.1, 0.15) is 0 Å². The number of nitrogens with zero attached hydrogens (tertiary/aromatic N) is 3. The van der Waals surface area contributed by atoms with Crippen LogP contribution in [0.25, 0.3) is 0 Å². The summed E-state index contributed by atoms with van der Waals surface area (Å²) in [4.78, 5) is 19.1. The van der Waals surface area contributed by atoms with Gasteiger partial charge in [0.05, 0.1) is 11.2 Å². The minimum Gasteiger partial charge on any atom is -0.378 e. The van der Waals surface area contributed by atoms with E-state index in [0.29, 0.717) is 32.7 Å². The zero-order chi connectivity index (χ0) is 18.9. The van der Waals surface area contributed by atoms with Crippen LogP contribution in [0.2, 0.25) is 0 Å². The van der Waals surface area contributed by atoms with Crippen LogP contribution in [0.1, 0.15) is 18.4 Å². The molecule has 1 aromatic carbocycles. The number of carbonyl (C=O) groups excluding carboxylic acids is 1. The molecule has 0 aromatic heterocycles. The molecule has 2 aliphatic rings. The molecule has 0 atom stereocenters. The largest absolute Gasteiger partial charge is 0.378 e. The monoisotopic (exact) mass is 380 g/mol. The maximum atomic E-state index is 13.1. The van der Waals surface area contributed by atoms with Gasteiger partial charge in [0.2, 0.25) is 15.9 Å². The predicted octanol–water partition coefficient (Wildman–Crippen LogP) is 0.217. The Balaban J connectivity index is 1.59. The second-order valence-electron chi connectivity index (χ2n) is 7.52. The van der Waals surface area contributed by atoms with Gasteiger partial charge in [-0.25, -0.2) is 13.6 Å². The Kier molecular flexibility index (Phi) is 5.28. The SMILES string of the molecule is CN(C)c1ccc(C2(C(=O)N3CCN(CCS(N)(=O)=O)CC3)CC2)cc1. The summed E-state index contributed by atoms with van der Waals surface area (Å²) in [6.45, 7) is 3.09. The molecule has 1 amide bonds. The van der Waals surface area contributed by atoms with E-state index < -0.39 is 10.0 Å². The van der Waals surface area contributed by atoms with Crippen molar-refractivity contribution in [3.05, 3.63) is 29.8 Å². The molecule has 2 fully saturated rings. The predicted molar refractivity (Wildman–Crippen MR) is 103 cm³/mol. The third-order valence-corrected chi connectivity index (χ3v) is 6.20. The van der Waals surface area contributed by atoms with Crippen LogP contribution in [-0.4, -0.2) is 76.7 Å². The fraction of sp³-hybridized carbons (Fsp3) is 0.611. The van der Waals surface area contributed by atoms with Crippen molar-refractivity contribution in [3.8, 4) is 0 Å². The lowest BCUT2D eigenvalue weighted by atomic mass is 9.93. The van der Waals surface area contributed by atoms with E-state index in [9.17, 15) is 13.2 Å². The number of hydrogen-bond acceptors (Lipinski definition) is 5. The van der Waals surface area contributed by atoms with Crippen molar-refractivity contribution < 1.29 is 13.2 Å². The van der Waals surface area contributed by atoms with E-state index in [1.165, 1.54) is 0 Å². The Bertz CT molecular complexity index is 749. The number of primary sulfonamides is 1. The van der Waals surface area contributed by atoms with Gasteiger partial charge in [-0.15, -0.1) is 0 Å². The Labute approximate surface area is 155 Å². The molecular formula is C18H28N4O3S. The molecule has 0 unspecified atom stereocenters. The van der Waals surface area contributed by atoms with Crippen molar-refractivity contribution in [2.75, 3.05) is 57.5 Å². The van der Waals surface area contributed by atoms with Gasteiger partial charge in [0.15, 0.2) is 0 Å². The van der Waals surface area contributed by atoms with Crippen molar-refractivity contribution in [1.29, 1.82) is 0 Å². The second-order valence-corrected chi connectivity index (χ2v) is 9.26. The molecule has 7 nitrogen and oxygen atoms in total. The van der Waals surface area contributed by atoms with E-state index in [2.05, 4.69) is 29.2 Å². The van der Waals surface area contributed by atoms with Gasteiger partial charge >= 0.3 is 0 Å². The van der Waals surface area contributed by atoms with Gasteiger partial charge < -0.3 is 9.80 Å². The maximum absolute atomic E-state index is 13.1. The third-order valence-electron chi connectivity index (χ3n) is 5.45. The van der Waals surface area contributed by atoms with Gasteiger partial charge in [-0.3, -0.25) is 9.69 Å². The van der Waals surface area contributed by atoms with Gasteiger partial charge in [-0.05, 0) is 30.5 Å².